The van der Waals surface area contributed by atoms with Gasteiger partial charge in [-0.05, 0) is 54.3 Å². The molecule has 0 aliphatic heterocycles. The zero-order valence-corrected chi connectivity index (χ0v) is 20.3. The molecule has 0 fully saturated rings. The fraction of sp³-hybridized carbons (Fsp3) is 0.250. The molecule has 1 atom stereocenters. The minimum Gasteiger partial charge on any atom is -0.493 e. The summed E-state index contributed by atoms with van der Waals surface area (Å²) in [5.41, 5.74) is 5.00. The molecule has 35 heavy (non-hydrogen) atoms. The molecule has 0 aliphatic carbocycles. The molecule has 3 aromatic carbocycles. The number of benzene rings is 3. The van der Waals surface area contributed by atoms with Gasteiger partial charge in [0.15, 0.2) is 11.5 Å². The fourth-order valence-electron chi connectivity index (χ4n) is 4.35. The molecule has 4 aromatic rings. The van der Waals surface area contributed by atoms with Crippen LogP contribution in [0.25, 0.3) is 22.0 Å². The van der Waals surface area contributed by atoms with Gasteiger partial charge in [0.25, 0.3) is 5.91 Å². The van der Waals surface area contributed by atoms with Crippen molar-refractivity contribution in [3.63, 3.8) is 0 Å². The number of fused-ring (bicyclic) bond motifs is 1. The van der Waals surface area contributed by atoms with E-state index in [1.165, 1.54) is 0 Å². The number of aromatic nitrogens is 1. The molecule has 4 rings (SSSR count). The molecule has 0 saturated heterocycles. The van der Waals surface area contributed by atoms with Crippen LogP contribution in [0, 0.1) is 6.92 Å². The van der Waals surface area contributed by atoms with E-state index in [0.29, 0.717) is 29.2 Å². The first-order valence-electron chi connectivity index (χ1n) is 11.4. The number of hydrogen-bond donors (Lipinski definition) is 3. The standard InChI is InChI=1S/C28H30N2O5/c1-17-9-10-18(22-11-12-25(33-2)27(35-4)26(22)34-3)14-23(17)28(32)30-20(16-31)13-19-15-29-24-8-6-5-7-21(19)24/h5-12,14-15,20,29,31H,13,16H2,1-4H3,(H,30,32)/t20-/m1/s1. The number of methoxy groups -OCH3 is 3. The van der Waals surface area contributed by atoms with Gasteiger partial charge in [-0.25, -0.2) is 0 Å². The van der Waals surface area contributed by atoms with Gasteiger partial charge < -0.3 is 29.6 Å². The van der Waals surface area contributed by atoms with Gasteiger partial charge >= 0.3 is 0 Å². The van der Waals surface area contributed by atoms with Crippen molar-refractivity contribution in [1.29, 1.82) is 0 Å². The van der Waals surface area contributed by atoms with Crippen molar-refractivity contribution in [2.24, 2.45) is 0 Å². The second-order valence-corrected chi connectivity index (χ2v) is 8.33. The molecule has 1 aromatic heterocycles. The lowest BCUT2D eigenvalue weighted by atomic mass is 9.97. The first-order chi connectivity index (χ1) is 17.0. The number of H-pyrrole nitrogens is 1. The molecule has 0 radical (unpaired) electrons. The Bertz CT molecular complexity index is 1340. The van der Waals surface area contributed by atoms with Crippen LogP contribution in [0.5, 0.6) is 17.2 Å². The van der Waals surface area contributed by atoms with Gasteiger partial charge in [-0.1, -0.05) is 30.3 Å². The molecule has 0 bridgehead atoms. The quantitative estimate of drug-likeness (QED) is 0.332. The molecule has 0 aliphatic rings. The SMILES string of the molecule is COc1ccc(-c2ccc(C)c(C(=O)N[C@@H](CO)Cc3c[nH]c4ccccc34)c2)c(OC)c1OC. The molecular formula is C28H30N2O5. The maximum Gasteiger partial charge on any atom is 0.251 e. The van der Waals surface area contributed by atoms with E-state index in [2.05, 4.69) is 10.3 Å². The van der Waals surface area contributed by atoms with Crippen molar-refractivity contribution in [1.82, 2.24) is 10.3 Å². The van der Waals surface area contributed by atoms with E-state index in [9.17, 15) is 9.90 Å². The Labute approximate surface area is 204 Å². The largest absolute Gasteiger partial charge is 0.493 e. The lowest BCUT2D eigenvalue weighted by Gasteiger charge is -2.19. The number of ether oxygens (including phenoxy) is 3. The van der Waals surface area contributed by atoms with Crippen LogP contribution in [0.2, 0.25) is 0 Å². The van der Waals surface area contributed by atoms with Gasteiger partial charge in [0.05, 0.1) is 34.0 Å². The normalized spacial score (nSPS) is 11.8. The third kappa shape index (κ3) is 4.81. The molecule has 0 unspecified atom stereocenters. The number of amides is 1. The van der Waals surface area contributed by atoms with Crippen LogP contribution in [0.15, 0.2) is 60.8 Å². The van der Waals surface area contributed by atoms with Crippen molar-refractivity contribution < 1.29 is 24.1 Å². The number of para-hydroxylation sites is 1. The smallest absolute Gasteiger partial charge is 0.251 e. The molecule has 7 heteroatoms. The summed E-state index contributed by atoms with van der Waals surface area (Å²) in [6.07, 6.45) is 2.43. The van der Waals surface area contributed by atoms with E-state index in [1.54, 1.807) is 27.4 Å². The Kier molecular flexibility index (Phi) is 7.27. The van der Waals surface area contributed by atoms with Crippen molar-refractivity contribution in [3.05, 3.63) is 77.5 Å². The second kappa shape index (κ2) is 10.5. The van der Waals surface area contributed by atoms with Gasteiger partial charge in [0.2, 0.25) is 5.75 Å². The number of carbonyl (C=O) groups excluding carboxylic acids is 1. The van der Waals surface area contributed by atoms with Gasteiger partial charge in [-0.2, -0.15) is 0 Å². The van der Waals surface area contributed by atoms with Crippen LogP contribution in [0.3, 0.4) is 0 Å². The first-order valence-corrected chi connectivity index (χ1v) is 11.4. The molecule has 1 amide bonds. The second-order valence-electron chi connectivity index (χ2n) is 8.33. The van der Waals surface area contributed by atoms with Crippen molar-refractivity contribution >= 4 is 16.8 Å². The zero-order chi connectivity index (χ0) is 24.9. The maximum atomic E-state index is 13.3. The highest BCUT2D eigenvalue weighted by Crippen LogP contribution is 2.44. The molecule has 7 nitrogen and oxygen atoms in total. The average Bonchev–Trinajstić information content (AvgIpc) is 3.30. The van der Waals surface area contributed by atoms with E-state index in [1.807, 2.05) is 61.7 Å². The van der Waals surface area contributed by atoms with Gasteiger partial charge in [-0.3, -0.25) is 4.79 Å². The van der Waals surface area contributed by atoms with Crippen LogP contribution in [-0.4, -0.2) is 50.0 Å². The summed E-state index contributed by atoms with van der Waals surface area (Å²) in [5.74, 6) is 1.32. The van der Waals surface area contributed by atoms with Crippen LogP contribution >= 0.6 is 0 Å². The third-order valence-electron chi connectivity index (χ3n) is 6.19. The molecule has 3 N–H and O–H groups in total. The number of hydrogen-bond acceptors (Lipinski definition) is 5. The van der Waals surface area contributed by atoms with Crippen molar-refractivity contribution in [2.75, 3.05) is 27.9 Å². The summed E-state index contributed by atoms with van der Waals surface area (Å²) in [5, 5.41) is 14.1. The minimum atomic E-state index is -0.430. The maximum absolute atomic E-state index is 13.3. The molecular weight excluding hydrogens is 444 g/mol. The number of carbonyl (C=O) groups is 1. The van der Waals surface area contributed by atoms with Crippen LogP contribution in [0.1, 0.15) is 21.5 Å². The molecule has 182 valence electrons. The fourth-order valence-corrected chi connectivity index (χ4v) is 4.35. The molecule has 1 heterocycles. The van der Waals surface area contributed by atoms with Crippen LogP contribution in [-0.2, 0) is 6.42 Å². The van der Waals surface area contributed by atoms with E-state index < -0.39 is 6.04 Å². The summed E-state index contributed by atoms with van der Waals surface area (Å²) in [6.45, 7) is 1.71. The summed E-state index contributed by atoms with van der Waals surface area (Å²) in [6, 6.07) is 16.9. The lowest BCUT2D eigenvalue weighted by molar-refractivity contribution is 0.0916. The number of aliphatic hydroxyl groups is 1. The minimum absolute atomic E-state index is 0.173. The predicted molar refractivity (Wildman–Crippen MR) is 137 cm³/mol. The number of nitrogens with one attached hydrogen (secondary N) is 2. The highest BCUT2D eigenvalue weighted by molar-refractivity contribution is 5.97. The molecule has 0 spiro atoms. The lowest BCUT2D eigenvalue weighted by Crippen LogP contribution is -2.39. The number of rotatable bonds is 9. The highest BCUT2D eigenvalue weighted by atomic mass is 16.5. The van der Waals surface area contributed by atoms with E-state index in [-0.39, 0.29) is 12.5 Å². The number of aryl methyl sites for hydroxylation is 1. The van der Waals surface area contributed by atoms with Crippen molar-refractivity contribution in [3.8, 4) is 28.4 Å². The Balaban J connectivity index is 1.61. The van der Waals surface area contributed by atoms with Gasteiger partial charge in [0.1, 0.15) is 0 Å². The zero-order valence-electron chi connectivity index (χ0n) is 20.3. The summed E-state index contributed by atoms with van der Waals surface area (Å²) in [7, 11) is 4.69. The van der Waals surface area contributed by atoms with E-state index in [0.717, 1.165) is 33.2 Å². The monoisotopic (exact) mass is 474 g/mol. The highest BCUT2D eigenvalue weighted by Gasteiger charge is 2.20. The Morgan fingerprint density at radius 1 is 1.00 bits per heavy atom. The predicted octanol–water partition coefficient (Wildman–Crippen LogP) is 4.50. The Morgan fingerprint density at radius 3 is 2.49 bits per heavy atom. The first kappa shape index (κ1) is 24.2. The van der Waals surface area contributed by atoms with Gasteiger partial charge in [0, 0.05) is 28.2 Å². The summed E-state index contributed by atoms with van der Waals surface area (Å²) >= 11 is 0. The number of aromatic amines is 1. The summed E-state index contributed by atoms with van der Waals surface area (Å²) in [4.78, 5) is 16.5. The third-order valence-corrected chi connectivity index (χ3v) is 6.19. The number of aliphatic hydroxyl groups excluding tert-OH is 1. The Morgan fingerprint density at radius 2 is 1.77 bits per heavy atom. The van der Waals surface area contributed by atoms with Crippen LogP contribution in [0.4, 0.5) is 0 Å². The Hall–Kier alpha value is -3.97. The van der Waals surface area contributed by atoms with Gasteiger partial charge in [-0.15, -0.1) is 0 Å². The average molecular weight is 475 g/mol. The van der Waals surface area contributed by atoms with E-state index >= 15 is 0 Å². The topological polar surface area (TPSA) is 92.8 Å². The molecule has 0 saturated carbocycles. The summed E-state index contributed by atoms with van der Waals surface area (Å²) < 4.78 is 16.5. The van der Waals surface area contributed by atoms with E-state index in [4.69, 9.17) is 14.2 Å². The van der Waals surface area contributed by atoms with Crippen LogP contribution < -0.4 is 19.5 Å². The van der Waals surface area contributed by atoms with Crippen molar-refractivity contribution in [2.45, 2.75) is 19.4 Å².